The SMILES string of the molecule is O=C(N[C@@H](Cc1ccccc1)C(=O)c1ccccc1C1OCCO1)OCc1ccccc1. The molecule has 1 amide bonds. The minimum absolute atomic E-state index is 0.124. The van der Waals surface area contributed by atoms with Crippen molar-refractivity contribution in [3.8, 4) is 0 Å². The molecule has 0 bridgehead atoms. The maximum atomic E-state index is 13.6. The van der Waals surface area contributed by atoms with Gasteiger partial charge in [0, 0.05) is 17.5 Å². The van der Waals surface area contributed by atoms with Gasteiger partial charge in [-0.05, 0) is 11.1 Å². The molecule has 0 aliphatic carbocycles. The number of rotatable bonds is 8. The monoisotopic (exact) mass is 431 g/mol. The first-order valence-electron chi connectivity index (χ1n) is 10.6. The molecule has 1 saturated heterocycles. The Morgan fingerprint density at radius 2 is 1.44 bits per heavy atom. The number of alkyl carbamates (subject to hydrolysis) is 1. The van der Waals surface area contributed by atoms with Crippen LogP contribution >= 0.6 is 0 Å². The van der Waals surface area contributed by atoms with Gasteiger partial charge < -0.3 is 19.5 Å². The molecule has 1 heterocycles. The Kier molecular flexibility index (Phi) is 7.27. The molecule has 1 N–H and O–H groups in total. The van der Waals surface area contributed by atoms with Crippen LogP contribution in [-0.4, -0.2) is 31.1 Å². The van der Waals surface area contributed by atoms with Crippen molar-refractivity contribution in [3.63, 3.8) is 0 Å². The minimum Gasteiger partial charge on any atom is -0.445 e. The average molecular weight is 431 g/mol. The molecule has 32 heavy (non-hydrogen) atoms. The summed E-state index contributed by atoms with van der Waals surface area (Å²) < 4.78 is 16.6. The number of benzene rings is 3. The quantitative estimate of drug-likeness (QED) is 0.534. The van der Waals surface area contributed by atoms with Crippen LogP contribution in [0.5, 0.6) is 0 Å². The zero-order chi connectivity index (χ0) is 22.2. The normalized spacial score (nSPS) is 14.6. The lowest BCUT2D eigenvalue weighted by Crippen LogP contribution is -2.43. The van der Waals surface area contributed by atoms with Crippen LogP contribution in [0.2, 0.25) is 0 Å². The predicted octanol–water partition coefficient (Wildman–Crippen LogP) is 4.45. The Balaban J connectivity index is 1.52. The lowest BCUT2D eigenvalue weighted by atomic mass is 9.94. The summed E-state index contributed by atoms with van der Waals surface area (Å²) in [6.45, 7) is 1.08. The van der Waals surface area contributed by atoms with E-state index < -0.39 is 18.4 Å². The standard InChI is InChI=1S/C26H25NO5/c28-24(21-13-7-8-14-22(21)25-30-15-16-31-25)23(17-19-9-3-1-4-10-19)27-26(29)32-18-20-11-5-2-6-12-20/h1-14,23,25H,15-18H2,(H,27,29)/t23-/m0/s1. The highest BCUT2D eigenvalue weighted by Crippen LogP contribution is 2.27. The van der Waals surface area contributed by atoms with Crippen molar-refractivity contribution < 1.29 is 23.8 Å². The second-order valence-electron chi connectivity index (χ2n) is 7.47. The van der Waals surface area contributed by atoms with Crippen LogP contribution in [-0.2, 0) is 27.2 Å². The Morgan fingerprint density at radius 3 is 2.12 bits per heavy atom. The van der Waals surface area contributed by atoms with Gasteiger partial charge >= 0.3 is 6.09 Å². The van der Waals surface area contributed by atoms with Gasteiger partial charge in [0.1, 0.15) is 6.61 Å². The second kappa shape index (κ2) is 10.7. The third-order valence-electron chi connectivity index (χ3n) is 5.21. The van der Waals surface area contributed by atoms with Crippen molar-refractivity contribution in [1.29, 1.82) is 0 Å². The van der Waals surface area contributed by atoms with Crippen LogP contribution in [0, 0.1) is 0 Å². The molecule has 4 rings (SSSR count). The van der Waals surface area contributed by atoms with E-state index in [-0.39, 0.29) is 12.4 Å². The van der Waals surface area contributed by atoms with E-state index in [0.29, 0.717) is 30.8 Å². The molecule has 0 saturated carbocycles. The summed E-state index contributed by atoms with van der Waals surface area (Å²) in [5.74, 6) is -0.222. The summed E-state index contributed by atoms with van der Waals surface area (Å²) in [4.78, 5) is 26.1. The summed E-state index contributed by atoms with van der Waals surface area (Å²) >= 11 is 0. The summed E-state index contributed by atoms with van der Waals surface area (Å²) in [5, 5.41) is 2.76. The van der Waals surface area contributed by atoms with Crippen molar-refractivity contribution in [2.75, 3.05) is 13.2 Å². The van der Waals surface area contributed by atoms with Gasteiger partial charge in [0.15, 0.2) is 12.1 Å². The van der Waals surface area contributed by atoms with E-state index in [1.165, 1.54) is 0 Å². The van der Waals surface area contributed by atoms with Gasteiger partial charge in [0.05, 0.1) is 19.3 Å². The van der Waals surface area contributed by atoms with Gasteiger partial charge in [-0.3, -0.25) is 4.79 Å². The first-order valence-corrected chi connectivity index (χ1v) is 10.6. The van der Waals surface area contributed by atoms with Crippen LogP contribution in [0.15, 0.2) is 84.9 Å². The molecule has 6 heteroatoms. The highest BCUT2D eigenvalue weighted by molar-refractivity contribution is 6.02. The van der Waals surface area contributed by atoms with E-state index in [9.17, 15) is 9.59 Å². The number of ether oxygens (including phenoxy) is 3. The minimum atomic E-state index is -0.803. The number of hydrogen-bond donors (Lipinski definition) is 1. The van der Waals surface area contributed by atoms with E-state index in [4.69, 9.17) is 14.2 Å². The van der Waals surface area contributed by atoms with Gasteiger partial charge in [0.2, 0.25) is 0 Å². The lowest BCUT2D eigenvalue weighted by molar-refractivity contribution is -0.0445. The summed E-state index contributed by atoms with van der Waals surface area (Å²) in [6.07, 6.45) is -0.896. The molecule has 0 aromatic heterocycles. The van der Waals surface area contributed by atoms with Gasteiger partial charge in [-0.2, -0.15) is 0 Å². The Hall–Kier alpha value is -3.48. The van der Waals surface area contributed by atoms with Crippen molar-refractivity contribution in [2.24, 2.45) is 0 Å². The molecule has 0 radical (unpaired) electrons. The molecular weight excluding hydrogens is 406 g/mol. The summed E-state index contributed by atoms with van der Waals surface area (Å²) in [5.41, 5.74) is 2.92. The number of carbonyl (C=O) groups excluding carboxylic acids is 2. The van der Waals surface area contributed by atoms with Gasteiger partial charge in [-0.15, -0.1) is 0 Å². The van der Waals surface area contributed by atoms with Crippen LogP contribution in [0.3, 0.4) is 0 Å². The predicted molar refractivity (Wildman–Crippen MR) is 119 cm³/mol. The highest BCUT2D eigenvalue weighted by atomic mass is 16.7. The molecule has 6 nitrogen and oxygen atoms in total. The van der Waals surface area contributed by atoms with E-state index in [2.05, 4.69) is 5.32 Å². The molecule has 3 aromatic carbocycles. The number of hydrogen-bond acceptors (Lipinski definition) is 5. The van der Waals surface area contributed by atoms with E-state index >= 15 is 0 Å². The Labute approximate surface area is 187 Å². The fourth-order valence-corrected chi connectivity index (χ4v) is 3.62. The maximum absolute atomic E-state index is 13.6. The molecule has 1 aliphatic rings. The number of Topliss-reactive ketones (excluding diaryl/α,β-unsaturated/α-hetero) is 1. The van der Waals surface area contributed by atoms with E-state index in [1.54, 1.807) is 12.1 Å². The van der Waals surface area contributed by atoms with Crippen LogP contribution < -0.4 is 5.32 Å². The average Bonchev–Trinajstić information content (AvgIpc) is 3.38. The molecule has 1 atom stereocenters. The van der Waals surface area contributed by atoms with Crippen molar-refractivity contribution in [3.05, 3.63) is 107 Å². The number of amides is 1. The molecule has 1 aliphatic heterocycles. The Morgan fingerprint density at radius 1 is 0.844 bits per heavy atom. The lowest BCUT2D eigenvalue weighted by Gasteiger charge is -2.21. The van der Waals surface area contributed by atoms with Gasteiger partial charge in [-0.25, -0.2) is 4.79 Å². The van der Waals surface area contributed by atoms with Crippen LogP contribution in [0.1, 0.15) is 33.3 Å². The topological polar surface area (TPSA) is 73.9 Å². The fraction of sp³-hybridized carbons (Fsp3) is 0.231. The molecule has 3 aromatic rings. The largest absolute Gasteiger partial charge is 0.445 e. The maximum Gasteiger partial charge on any atom is 0.408 e. The highest BCUT2D eigenvalue weighted by Gasteiger charge is 2.29. The van der Waals surface area contributed by atoms with Crippen LogP contribution in [0.25, 0.3) is 0 Å². The number of nitrogens with one attached hydrogen (secondary N) is 1. The zero-order valence-electron chi connectivity index (χ0n) is 17.6. The third-order valence-corrected chi connectivity index (χ3v) is 5.21. The van der Waals surface area contributed by atoms with Gasteiger partial charge in [0.25, 0.3) is 0 Å². The van der Waals surface area contributed by atoms with Crippen LogP contribution in [0.4, 0.5) is 4.79 Å². The molecular formula is C26H25NO5. The van der Waals surface area contributed by atoms with Gasteiger partial charge in [-0.1, -0.05) is 84.9 Å². The number of carbonyl (C=O) groups is 2. The van der Waals surface area contributed by atoms with Crippen molar-refractivity contribution in [1.82, 2.24) is 5.32 Å². The number of ketones is 1. The third kappa shape index (κ3) is 5.60. The van der Waals surface area contributed by atoms with Crippen molar-refractivity contribution in [2.45, 2.75) is 25.4 Å². The van der Waals surface area contributed by atoms with E-state index in [1.807, 2.05) is 72.8 Å². The van der Waals surface area contributed by atoms with E-state index in [0.717, 1.165) is 11.1 Å². The zero-order valence-corrected chi connectivity index (χ0v) is 17.6. The summed E-state index contributed by atoms with van der Waals surface area (Å²) in [6, 6.07) is 25.3. The summed E-state index contributed by atoms with van der Waals surface area (Å²) in [7, 11) is 0. The molecule has 164 valence electrons. The smallest absolute Gasteiger partial charge is 0.408 e. The first-order chi connectivity index (χ1) is 15.7. The second-order valence-corrected chi connectivity index (χ2v) is 7.47. The first kappa shape index (κ1) is 21.7. The molecule has 0 unspecified atom stereocenters. The molecule has 0 spiro atoms. The molecule has 1 fully saturated rings. The Bertz CT molecular complexity index is 1030. The van der Waals surface area contributed by atoms with Crippen molar-refractivity contribution >= 4 is 11.9 Å². The fourth-order valence-electron chi connectivity index (χ4n) is 3.62.